The Labute approximate surface area is 203 Å². The van der Waals surface area contributed by atoms with Gasteiger partial charge in [0.15, 0.2) is 32.8 Å². The second kappa shape index (κ2) is 8.94. The number of halogens is 6. The molecule has 0 aliphatic rings. The summed E-state index contributed by atoms with van der Waals surface area (Å²) in [6.45, 7) is -0.485. The molecule has 0 aliphatic carbocycles. The van der Waals surface area contributed by atoms with Gasteiger partial charge in [-0.2, -0.15) is 31.4 Å². The number of hydroxylamine groups is 1. The van der Waals surface area contributed by atoms with E-state index in [1.54, 1.807) is 5.48 Å². The van der Waals surface area contributed by atoms with Crippen LogP contribution in [0.2, 0.25) is 0 Å². The Morgan fingerprint density at radius 1 is 1.14 bits per heavy atom. The fourth-order valence-electron chi connectivity index (χ4n) is 3.34. The van der Waals surface area contributed by atoms with Crippen molar-refractivity contribution in [1.29, 1.82) is 0 Å². The summed E-state index contributed by atoms with van der Waals surface area (Å²) in [6, 6.07) is 1.78. The van der Waals surface area contributed by atoms with E-state index in [1.807, 2.05) is 0 Å². The minimum absolute atomic E-state index is 0.0170. The number of rotatable bonds is 6. The Balaban J connectivity index is 1.92. The number of aryl methyl sites for hydroxylation is 1. The minimum atomic E-state index is -4.73. The van der Waals surface area contributed by atoms with Crippen molar-refractivity contribution in [2.75, 3.05) is 12.4 Å². The maximum absolute atomic E-state index is 13.2. The number of nitrogens with zero attached hydrogens (tertiary/aromatic N) is 6. The van der Waals surface area contributed by atoms with Gasteiger partial charge in [-0.15, -0.1) is 0 Å². The van der Waals surface area contributed by atoms with Gasteiger partial charge >= 0.3 is 12.4 Å². The van der Waals surface area contributed by atoms with Crippen LogP contribution in [0.5, 0.6) is 0 Å². The molecule has 198 valence electrons. The quantitative estimate of drug-likeness (QED) is 0.286. The zero-order valence-electron chi connectivity index (χ0n) is 18.7. The molecule has 0 radical (unpaired) electrons. The van der Waals surface area contributed by atoms with E-state index >= 15 is 0 Å². The topological polar surface area (TPSA) is 133 Å². The zero-order chi connectivity index (χ0) is 27.3. The molecule has 0 bridgehead atoms. The molecule has 4 heterocycles. The van der Waals surface area contributed by atoms with Crippen molar-refractivity contribution in [3.63, 3.8) is 0 Å². The standard InChI is InChI=1S/C19H15F6N7O4S/c1-3-37(34,35)17-12(15-28-10-6-9(19(23,24)25)7-27-13(10)31(15)2)14-26-5-4-11(32(14)29-17)16(33)30-36-8-18(20,21)22/h4-7H,3,8H2,1-2H3,(H,30,33). The van der Waals surface area contributed by atoms with Crippen molar-refractivity contribution in [3.8, 4) is 11.4 Å². The number of alkyl halides is 6. The monoisotopic (exact) mass is 551 g/mol. The van der Waals surface area contributed by atoms with Gasteiger partial charge in [-0.3, -0.25) is 9.63 Å². The highest BCUT2D eigenvalue weighted by atomic mass is 32.2. The van der Waals surface area contributed by atoms with Crippen molar-refractivity contribution >= 4 is 32.6 Å². The summed E-state index contributed by atoms with van der Waals surface area (Å²) in [6.07, 6.45) is -7.79. The number of amides is 1. The predicted octanol–water partition coefficient (Wildman–Crippen LogP) is 2.71. The molecule has 1 N–H and O–H groups in total. The number of pyridine rings is 1. The Morgan fingerprint density at radius 3 is 2.46 bits per heavy atom. The number of aromatic nitrogens is 6. The molecule has 18 heteroatoms. The van der Waals surface area contributed by atoms with Crippen molar-refractivity contribution < 1.29 is 44.4 Å². The van der Waals surface area contributed by atoms with E-state index in [9.17, 15) is 39.6 Å². The molecule has 0 atom stereocenters. The lowest BCUT2D eigenvalue weighted by atomic mass is 10.2. The maximum Gasteiger partial charge on any atom is 0.417 e. The van der Waals surface area contributed by atoms with E-state index in [1.165, 1.54) is 18.5 Å². The average Bonchev–Trinajstić information content (AvgIpc) is 3.35. The lowest BCUT2D eigenvalue weighted by Gasteiger charge is -2.09. The lowest BCUT2D eigenvalue weighted by molar-refractivity contribution is -0.184. The molecule has 0 spiro atoms. The van der Waals surface area contributed by atoms with Crippen LogP contribution < -0.4 is 5.48 Å². The first-order valence-corrected chi connectivity index (χ1v) is 11.8. The van der Waals surface area contributed by atoms with Gasteiger partial charge in [0.2, 0.25) is 0 Å². The van der Waals surface area contributed by atoms with E-state index in [2.05, 4.69) is 24.9 Å². The molecule has 0 aliphatic heterocycles. The van der Waals surface area contributed by atoms with Crippen LogP contribution >= 0.6 is 0 Å². The Morgan fingerprint density at radius 2 is 1.84 bits per heavy atom. The molecular formula is C19H15F6N7O4S. The van der Waals surface area contributed by atoms with Gasteiger partial charge in [-0.25, -0.2) is 33.4 Å². The minimum Gasteiger partial charge on any atom is -0.312 e. The number of imidazole rings is 1. The van der Waals surface area contributed by atoms with Gasteiger partial charge in [0.25, 0.3) is 5.91 Å². The van der Waals surface area contributed by atoms with Crippen molar-refractivity contribution in [3.05, 3.63) is 35.8 Å². The Hall–Kier alpha value is -3.80. The van der Waals surface area contributed by atoms with Crippen molar-refractivity contribution in [1.82, 2.24) is 34.6 Å². The van der Waals surface area contributed by atoms with Gasteiger partial charge in [0.1, 0.15) is 22.6 Å². The van der Waals surface area contributed by atoms with Gasteiger partial charge < -0.3 is 4.57 Å². The third-order valence-electron chi connectivity index (χ3n) is 5.05. The summed E-state index contributed by atoms with van der Waals surface area (Å²) in [7, 11) is -2.77. The fraction of sp³-hybridized carbons (Fsp3) is 0.316. The van der Waals surface area contributed by atoms with Gasteiger partial charge in [-0.05, 0) is 12.1 Å². The summed E-state index contributed by atoms with van der Waals surface area (Å²) >= 11 is 0. The first-order chi connectivity index (χ1) is 17.1. The number of hydrogen-bond donors (Lipinski definition) is 1. The molecule has 0 fully saturated rings. The molecule has 0 saturated heterocycles. The Kier molecular flexibility index (Phi) is 6.35. The number of nitrogens with one attached hydrogen (secondary N) is 1. The third kappa shape index (κ3) is 4.93. The average molecular weight is 551 g/mol. The molecule has 1 amide bonds. The first-order valence-electron chi connectivity index (χ1n) is 10.1. The van der Waals surface area contributed by atoms with E-state index < -0.39 is 56.7 Å². The molecule has 0 unspecified atom stereocenters. The molecule has 4 aromatic rings. The van der Waals surface area contributed by atoms with Crippen molar-refractivity contribution in [2.24, 2.45) is 7.05 Å². The number of carbonyl (C=O) groups is 1. The smallest absolute Gasteiger partial charge is 0.312 e. The van der Waals surface area contributed by atoms with Crippen LogP contribution in [-0.2, 0) is 27.9 Å². The van der Waals surface area contributed by atoms with E-state index in [0.29, 0.717) is 6.20 Å². The number of carbonyl (C=O) groups excluding carboxylic acids is 1. The number of fused-ring (bicyclic) bond motifs is 2. The first kappa shape index (κ1) is 26.3. The Bertz CT molecular complexity index is 1630. The van der Waals surface area contributed by atoms with Crippen molar-refractivity contribution in [2.45, 2.75) is 24.3 Å². The molecule has 4 rings (SSSR count). The highest BCUT2D eigenvalue weighted by Crippen LogP contribution is 2.35. The summed E-state index contributed by atoms with van der Waals surface area (Å²) in [5.41, 5.74) is -0.668. The highest BCUT2D eigenvalue weighted by molar-refractivity contribution is 7.91. The van der Waals surface area contributed by atoms with Gasteiger partial charge in [-0.1, -0.05) is 6.92 Å². The third-order valence-corrected chi connectivity index (χ3v) is 6.69. The summed E-state index contributed by atoms with van der Waals surface area (Å²) < 4.78 is 104. The van der Waals surface area contributed by atoms with E-state index in [-0.39, 0.29) is 28.2 Å². The molecule has 11 nitrogen and oxygen atoms in total. The molecule has 0 aromatic carbocycles. The van der Waals surface area contributed by atoms with Crippen LogP contribution in [0.1, 0.15) is 23.0 Å². The van der Waals surface area contributed by atoms with Crippen LogP contribution in [0.25, 0.3) is 28.2 Å². The summed E-state index contributed by atoms with van der Waals surface area (Å²) in [5, 5.41) is 3.35. The van der Waals surface area contributed by atoms with Crippen LogP contribution in [0, 0.1) is 0 Å². The molecule has 0 saturated carbocycles. The van der Waals surface area contributed by atoms with Crippen LogP contribution in [-0.4, -0.2) is 62.0 Å². The van der Waals surface area contributed by atoms with Crippen LogP contribution in [0.4, 0.5) is 26.3 Å². The summed E-state index contributed by atoms with van der Waals surface area (Å²) in [5.74, 6) is -1.84. The SMILES string of the molecule is CCS(=O)(=O)c1nn2c(C(=O)NOCC(F)(F)F)ccnc2c1-c1nc2cc(C(F)(F)F)cnc2n1C. The molecule has 4 aromatic heterocycles. The number of hydrogen-bond acceptors (Lipinski definition) is 8. The summed E-state index contributed by atoms with van der Waals surface area (Å²) in [4.78, 5) is 28.6. The van der Waals surface area contributed by atoms with Crippen LogP contribution in [0.3, 0.4) is 0 Å². The lowest BCUT2D eigenvalue weighted by Crippen LogP contribution is -2.30. The highest BCUT2D eigenvalue weighted by Gasteiger charge is 2.34. The fourth-order valence-corrected chi connectivity index (χ4v) is 4.31. The van der Waals surface area contributed by atoms with Gasteiger partial charge in [0, 0.05) is 19.4 Å². The van der Waals surface area contributed by atoms with E-state index in [4.69, 9.17) is 0 Å². The van der Waals surface area contributed by atoms with Gasteiger partial charge in [0.05, 0.1) is 11.3 Å². The molecular weight excluding hydrogens is 536 g/mol. The zero-order valence-corrected chi connectivity index (χ0v) is 19.5. The van der Waals surface area contributed by atoms with Crippen LogP contribution in [0.15, 0.2) is 29.6 Å². The normalized spacial score (nSPS) is 13.0. The predicted molar refractivity (Wildman–Crippen MR) is 113 cm³/mol. The maximum atomic E-state index is 13.2. The second-order valence-corrected chi connectivity index (χ2v) is 9.74. The van der Waals surface area contributed by atoms with E-state index in [0.717, 1.165) is 22.8 Å². The number of sulfone groups is 1. The molecule has 37 heavy (non-hydrogen) atoms. The largest absolute Gasteiger partial charge is 0.417 e. The second-order valence-electron chi connectivity index (χ2n) is 7.54.